The molecule has 15 heavy (non-hydrogen) atoms. The quantitative estimate of drug-likeness (QED) is 0.769. The summed E-state index contributed by atoms with van der Waals surface area (Å²) in [6, 6.07) is 1.02. The highest BCUT2D eigenvalue weighted by molar-refractivity contribution is 4.90. The van der Waals surface area contributed by atoms with Crippen LogP contribution >= 0.6 is 0 Å². The van der Waals surface area contributed by atoms with Crippen molar-refractivity contribution in [3.05, 3.63) is 12.2 Å². The maximum atomic E-state index is 9.12. The van der Waals surface area contributed by atoms with Gasteiger partial charge in [-0.05, 0) is 26.8 Å². The summed E-state index contributed by atoms with van der Waals surface area (Å²) in [4.78, 5) is 2.36. The zero-order chi connectivity index (χ0) is 10.8. The molecule has 1 aliphatic rings. The summed E-state index contributed by atoms with van der Waals surface area (Å²) in [7, 11) is 2.15. The Hall–Kier alpha value is -0.940. The zero-order valence-corrected chi connectivity index (χ0v) is 9.30. The molecule has 0 saturated carbocycles. The van der Waals surface area contributed by atoms with E-state index in [9.17, 15) is 0 Å². The zero-order valence-electron chi connectivity index (χ0n) is 9.30. The molecule has 2 unspecified atom stereocenters. The van der Waals surface area contributed by atoms with Gasteiger partial charge in [-0.3, -0.25) is 0 Å². The van der Waals surface area contributed by atoms with Crippen molar-refractivity contribution >= 4 is 0 Å². The average Bonchev–Trinajstić information content (AvgIpc) is 2.70. The lowest BCUT2D eigenvalue weighted by molar-refractivity contribution is 0.151. The van der Waals surface area contributed by atoms with Gasteiger partial charge in [-0.2, -0.15) is 0 Å². The number of aromatic nitrogens is 3. The van der Waals surface area contributed by atoms with Crippen molar-refractivity contribution in [2.24, 2.45) is 0 Å². The van der Waals surface area contributed by atoms with E-state index in [1.807, 2.05) is 4.57 Å². The van der Waals surface area contributed by atoms with Crippen LogP contribution in [0.1, 0.15) is 31.6 Å². The van der Waals surface area contributed by atoms with Crippen molar-refractivity contribution < 1.29 is 5.11 Å². The Morgan fingerprint density at radius 1 is 1.60 bits per heavy atom. The molecule has 2 rings (SSSR count). The van der Waals surface area contributed by atoms with Gasteiger partial charge in [0.25, 0.3) is 0 Å². The van der Waals surface area contributed by atoms with Crippen LogP contribution in [0.5, 0.6) is 0 Å². The summed E-state index contributed by atoms with van der Waals surface area (Å²) < 4.78 is 2.02. The second-order valence-corrected chi connectivity index (χ2v) is 4.32. The van der Waals surface area contributed by atoms with Gasteiger partial charge in [0.05, 0.1) is 0 Å². The van der Waals surface area contributed by atoms with Crippen LogP contribution in [-0.2, 0) is 6.61 Å². The van der Waals surface area contributed by atoms with Gasteiger partial charge >= 0.3 is 0 Å². The smallest absolute Gasteiger partial charge is 0.158 e. The molecule has 0 radical (unpaired) electrons. The number of hydrogen-bond donors (Lipinski definition) is 1. The SMILES string of the molecule is CC1CC(n2cnnc2CO)CCN1C. The summed E-state index contributed by atoms with van der Waals surface area (Å²) in [5, 5.41) is 16.9. The third-order valence-corrected chi connectivity index (χ3v) is 3.36. The molecule has 0 amide bonds. The van der Waals surface area contributed by atoms with Crippen LogP contribution in [-0.4, -0.2) is 44.4 Å². The number of aliphatic hydroxyl groups is 1. The van der Waals surface area contributed by atoms with E-state index >= 15 is 0 Å². The predicted octanol–water partition coefficient (Wildman–Crippen LogP) is 0.426. The summed E-state index contributed by atoms with van der Waals surface area (Å²) in [6.45, 7) is 3.30. The highest BCUT2D eigenvalue weighted by Gasteiger charge is 2.25. The summed E-state index contributed by atoms with van der Waals surface area (Å²) >= 11 is 0. The van der Waals surface area contributed by atoms with Crippen molar-refractivity contribution in [1.82, 2.24) is 19.7 Å². The minimum absolute atomic E-state index is 0.0271. The lowest BCUT2D eigenvalue weighted by Crippen LogP contribution is -2.38. The minimum Gasteiger partial charge on any atom is -0.388 e. The van der Waals surface area contributed by atoms with Crippen LogP contribution < -0.4 is 0 Å². The average molecular weight is 210 g/mol. The fourth-order valence-electron chi connectivity index (χ4n) is 2.20. The van der Waals surface area contributed by atoms with Crippen molar-refractivity contribution in [1.29, 1.82) is 0 Å². The van der Waals surface area contributed by atoms with Crippen LogP contribution in [0.25, 0.3) is 0 Å². The standard InChI is InChI=1S/C10H18N4O/c1-8-5-9(3-4-13(8)2)14-7-11-12-10(14)6-15/h7-9,15H,3-6H2,1-2H3. The highest BCUT2D eigenvalue weighted by Crippen LogP contribution is 2.26. The van der Waals surface area contributed by atoms with Gasteiger partial charge < -0.3 is 14.6 Å². The first-order valence-corrected chi connectivity index (χ1v) is 5.42. The number of aliphatic hydroxyl groups excluding tert-OH is 1. The predicted molar refractivity (Wildman–Crippen MR) is 56.3 cm³/mol. The Labute approximate surface area is 89.7 Å². The first kappa shape index (κ1) is 10.6. The van der Waals surface area contributed by atoms with Crippen molar-refractivity contribution in [2.45, 2.75) is 38.5 Å². The minimum atomic E-state index is -0.0271. The van der Waals surface area contributed by atoms with E-state index in [-0.39, 0.29) is 6.61 Å². The van der Waals surface area contributed by atoms with Crippen molar-refractivity contribution in [2.75, 3.05) is 13.6 Å². The molecule has 5 nitrogen and oxygen atoms in total. The Morgan fingerprint density at radius 2 is 2.40 bits per heavy atom. The molecule has 84 valence electrons. The third-order valence-electron chi connectivity index (χ3n) is 3.36. The third kappa shape index (κ3) is 2.03. The number of hydrogen-bond acceptors (Lipinski definition) is 4. The van der Waals surface area contributed by atoms with Gasteiger partial charge in [0.1, 0.15) is 12.9 Å². The van der Waals surface area contributed by atoms with Crippen LogP contribution in [0.2, 0.25) is 0 Å². The Bertz CT molecular complexity index is 325. The van der Waals surface area contributed by atoms with Gasteiger partial charge in [0, 0.05) is 18.6 Å². The van der Waals surface area contributed by atoms with Crippen LogP contribution in [0.4, 0.5) is 0 Å². The van der Waals surface area contributed by atoms with Crippen LogP contribution in [0.15, 0.2) is 6.33 Å². The van der Waals surface area contributed by atoms with Gasteiger partial charge in [-0.1, -0.05) is 0 Å². The normalized spacial score (nSPS) is 28.2. The maximum Gasteiger partial charge on any atom is 0.158 e. The van der Waals surface area contributed by atoms with E-state index in [1.54, 1.807) is 6.33 Å². The van der Waals surface area contributed by atoms with Gasteiger partial charge in [0.2, 0.25) is 0 Å². The Morgan fingerprint density at radius 3 is 3.07 bits per heavy atom. The molecule has 0 aromatic carbocycles. The second-order valence-electron chi connectivity index (χ2n) is 4.32. The number of nitrogens with zero attached hydrogens (tertiary/aromatic N) is 4. The number of piperidine rings is 1. The van der Waals surface area contributed by atoms with Gasteiger partial charge in [-0.25, -0.2) is 0 Å². The first-order valence-electron chi connectivity index (χ1n) is 5.42. The lowest BCUT2D eigenvalue weighted by Gasteiger charge is -2.35. The highest BCUT2D eigenvalue weighted by atomic mass is 16.3. The van der Waals surface area contributed by atoms with E-state index in [4.69, 9.17) is 5.11 Å². The fourth-order valence-corrected chi connectivity index (χ4v) is 2.20. The number of rotatable bonds is 2. The Kier molecular flexibility index (Phi) is 3.02. The molecular weight excluding hydrogens is 192 g/mol. The molecule has 1 aromatic heterocycles. The lowest BCUT2D eigenvalue weighted by atomic mass is 9.99. The molecule has 1 aromatic rings. The van der Waals surface area contributed by atoms with E-state index in [0.717, 1.165) is 19.4 Å². The first-order chi connectivity index (χ1) is 7.22. The molecule has 0 aliphatic carbocycles. The van der Waals surface area contributed by atoms with Crippen LogP contribution in [0, 0.1) is 0 Å². The Balaban J connectivity index is 2.11. The molecule has 1 N–H and O–H groups in total. The summed E-state index contributed by atoms with van der Waals surface area (Å²) in [5.74, 6) is 0.678. The maximum absolute atomic E-state index is 9.12. The number of likely N-dealkylation sites (tertiary alicyclic amines) is 1. The van der Waals surface area contributed by atoms with Crippen molar-refractivity contribution in [3.8, 4) is 0 Å². The van der Waals surface area contributed by atoms with E-state index in [2.05, 4.69) is 29.1 Å². The van der Waals surface area contributed by atoms with Gasteiger partial charge in [-0.15, -0.1) is 10.2 Å². The molecule has 2 atom stereocenters. The van der Waals surface area contributed by atoms with Crippen molar-refractivity contribution in [3.63, 3.8) is 0 Å². The fraction of sp³-hybridized carbons (Fsp3) is 0.800. The molecule has 0 bridgehead atoms. The molecular formula is C10H18N4O. The second kappa shape index (κ2) is 4.28. The molecule has 5 heteroatoms. The molecule has 2 heterocycles. The molecule has 1 saturated heterocycles. The van der Waals surface area contributed by atoms with E-state index < -0.39 is 0 Å². The van der Waals surface area contributed by atoms with Gasteiger partial charge in [0.15, 0.2) is 5.82 Å². The summed E-state index contributed by atoms with van der Waals surface area (Å²) in [5.41, 5.74) is 0. The largest absolute Gasteiger partial charge is 0.388 e. The monoisotopic (exact) mass is 210 g/mol. The van der Waals surface area contributed by atoms with Crippen LogP contribution in [0.3, 0.4) is 0 Å². The molecule has 1 fully saturated rings. The van der Waals surface area contributed by atoms with E-state index in [1.165, 1.54) is 0 Å². The van der Waals surface area contributed by atoms with E-state index in [0.29, 0.717) is 17.9 Å². The topological polar surface area (TPSA) is 54.2 Å². The molecule has 1 aliphatic heterocycles. The molecule has 0 spiro atoms. The summed E-state index contributed by atoms with van der Waals surface area (Å²) in [6.07, 6.45) is 3.93.